The van der Waals surface area contributed by atoms with Gasteiger partial charge in [-0.2, -0.15) is 0 Å². The fourth-order valence-electron chi connectivity index (χ4n) is 5.79. The maximum atomic E-state index is 2.42. The maximum absolute atomic E-state index is 2.42. The van der Waals surface area contributed by atoms with Crippen molar-refractivity contribution in [3.05, 3.63) is 119 Å². The second-order valence-corrected chi connectivity index (χ2v) is 11.7. The predicted molar refractivity (Wildman–Crippen MR) is 153 cm³/mol. The number of allylic oxidation sites excluding steroid dienone is 1. The molecule has 1 atom stereocenters. The average Bonchev–Trinajstić information content (AvgIpc) is 3.56. The molecule has 0 fully saturated rings. The molecule has 4 aromatic carbocycles. The van der Waals surface area contributed by atoms with Crippen molar-refractivity contribution in [1.29, 1.82) is 0 Å². The molecule has 35 heavy (non-hydrogen) atoms. The molecule has 166 valence electrons. The second-order valence-electron chi connectivity index (χ2n) is 9.33. The molecule has 3 heteroatoms. The Balaban J connectivity index is 1.24. The molecular weight excluding hydrogens is 462 g/mol. The van der Waals surface area contributed by atoms with Gasteiger partial charge in [0.25, 0.3) is 0 Å². The van der Waals surface area contributed by atoms with Crippen LogP contribution in [0.15, 0.2) is 103 Å². The molecule has 7 aromatic rings. The summed E-state index contributed by atoms with van der Waals surface area (Å²) in [5.41, 5.74) is 6.58. The third kappa shape index (κ3) is 2.86. The number of thiophene rings is 2. The van der Waals surface area contributed by atoms with E-state index in [1.165, 1.54) is 63.0 Å². The van der Waals surface area contributed by atoms with Crippen LogP contribution in [0.5, 0.6) is 0 Å². The first-order valence-corrected chi connectivity index (χ1v) is 13.7. The van der Waals surface area contributed by atoms with Crippen LogP contribution >= 0.6 is 22.7 Å². The number of rotatable bonds is 2. The lowest BCUT2D eigenvalue weighted by Gasteiger charge is -2.19. The number of para-hydroxylation sites is 2. The van der Waals surface area contributed by atoms with E-state index >= 15 is 0 Å². The zero-order chi connectivity index (χ0) is 22.9. The molecule has 0 saturated heterocycles. The van der Waals surface area contributed by atoms with Crippen molar-refractivity contribution >= 4 is 70.0 Å². The van der Waals surface area contributed by atoms with E-state index in [0.29, 0.717) is 5.92 Å². The van der Waals surface area contributed by atoms with Gasteiger partial charge in [-0.3, -0.25) is 0 Å². The van der Waals surface area contributed by atoms with Gasteiger partial charge in [0, 0.05) is 42.7 Å². The molecular formula is C32H21NS2. The third-order valence-electron chi connectivity index (χ3n) is 7.39. The van der Waals surface area contributed by atoms with Crippen molar-refractivity contribution in [1.82, 2.24) is 4.57 Å². The Morgan fingerprint density at radius 1 is 0.686 bits per heavy atom. The van der Waals surface area contributed by atoms with E-state index in [1.807, 2.05) is 22.7 Å². The van der Waals surface area contributed by atoms with Gasteiger partial charge in [0.1, 0.15) is 0 Å². The van der Waals surface area contributed by atoms with Crippen LogP contribution in [0, 0.1) is 0 Å². The van der Waals surface area contributed by atoms with Crippen molar-refractivity contribution in [3.63, 3.8) is 0 Å². The Morgan fingerprint density at radius 2 is 1.40 bits per heavy atom. The van der Waals surface area contributed by atoms with Gasteiger partial charge in [-0.1, -0.05) is 78.9 Å². The number of aromatic nitrogens is 1. The number of fused-ring (bicyclic) bond motifs is 8. The van der Waals surface area contributed by atoms with Gasteiger partial charge in [0.05, 0.1) is 15.0 Å². The lowest BCUT2D eigenvalue weighted by Crippen LogP contribution is -2.04. The van der Waals surface area contributed by atoms with Crippen molar-refractivity contribution in [2.45, 2.75) is 12.3 Å². The molecule has 3 heterocycles. The van der Waals surface area contributed by atoms with Gasteiger partial charge in [-0.25, -0.2) is 0 Å². The molecule has 0 N–H and O–H groups in total. The summed E-state index contributed by atoms with van der Waals surface area (Å²) >= 11 is 3.93. The molecule has 1 nitrogen and oxygen atoms in total. The summed E-state index contributed by atoms with van der Waals surface area (Å²) in [4.78, 5) is 1.52. The Hall–Kier alpha value is -3.66. The first kappa shape index (κ1) is 19.6. The van der Waals surface area contributed by atoms with E-state index in [0.717, 1.165) is 6.42 Å². The van der Waals surface area contributed by atoms with Gasteiger partial charge in [-0.15, -0.1) is 22.7 Å². The highest BCUT2D eigenvalue weighted by atomic mass is 32.2. The van der Waals surface area contributed by atoms with Gasteiger partial charge in [0.15, 0.2) is 0 Å². The first-order valence-electron chi connectivity index (χ1n) is 12.0. The molecule has 1 unspecified atom stereocenters. The van der Waals surface area contributed by atoms with Gasteiger partial charge >= 0.3 is 0 Å². The lowest BCUT2D eigenvalue weighted by atomic mass is 9.88. The highest BCUT2D eigenvalue weighted by molar-refractivity contribution is 7.41. The molecule has 0 aliphatic heterocycles. The Labute approximate surface area is 211 Å². The van der Waals surface area contributed by atoms with Crippen molar-refractivity contribution in [3.8, 4) is 5.69 Å². The minimum atomic E-state index is 0.398. The van der Waals surface area contributed by atoms with Gasteiger partial charge in [-0.05, 0) is 47.9 Å². The molecule has 1 aliphatic carbocycles. The standard InChI is InChI=1S/C32H21NS2/c1-4-13-27-23(10-1)24-11-2-5-14-28(24)33(27)22-9-7-8-20(18-22)21-16-17-26-30(19-21)35-32-31(26)25-12-3-6-15-29(25)34-32/h1-18,21H,19H2. The molecule has 0 spiro atoms. The van der Waals surface area contributed by atoms with Crippen molar-refractivity contribution in [2.75, 3.05) is 0 Å². The fourth-order valence-corrected chi connectivity index (χ4v) is 8.56. The lowest BCUT2D eigenvalue weighted by molar-refractivity contribution is 0.840. The van der Waals surface area contributed by atoms with Crippen LogP contribution in [0.2, 0.25) is 0 Å². The van der Waals surface area contributed by atoms with E-state index in [9.17, 15) is 0 Å². The molecule has 1 aliphatic rings. The summed E-state index contributed by atoms with van der Waals surface area (Å²) in [7, 11) is 0. The summed E-state index contributed by atoms with van der Waals surface area (Å²) in [6.45, 7) is 0. The van der Waals surface area contributed by atoms with Gasteiger partial charge < -0.3 is 4.57 Å². The molecule has 0 radical (unpaired) electrons. The second kappa shape index (κ2) is 7.42. The molecule has 3 aromatic heterocycles. The normalized spacial score (nSPS) is 15.5. The van der Waals surface area contributed by atoms with Crippen LogP contribution in [0.3, 0.4) is 0 Å². The number of hydrogen-bond acceptors (Lipinski definition) is 2. The minimum absolute atomic E-state index is 0.398. The largest absolute Gasteiger partial charge is 0.309 e. The summed E-state index contributed by atoms with van der Waals surface area (Å²) in [6, 6.07) is 35.4. The van der Waals surface area contributed by atoms with E-state index in [-0.39, 0.29) is 0 Å². The van der Waals surface area contributed by atoms with Crippen LogP contribution in [-0.4, -0.2) is 4.57 Å². The van der Waals surface area contributed by atoms with Crippen LogP contribution in [0.1, 0.15) is 21.9 Å². The number of benzene rings is 4. The van der Waals surface area contributed by atoms with Crippen LogP contribution in [0.4, 0.5) is 0 Å². The van der Waals surface area contributed by atoms with Crippen molar-refractivity contribution < 1.29 is 0 Å². The van der Waals surface area contributed by atoms with E-state index < -0.39 is 0 Å². The highest BCUT2D eigenvalue weighted by Crippen LogP contribution is 2.46. The topological polar surface area (TPSA) is 4.93 Å². The highest BCUT2D eigenvalue weighted by Gasteiger charge is 2.23. The molecule has 8 rings (SSSR count). The van der Waals surface area contributed by atoms with E-state index in [2.05, 4.69) is 114 Å². The molecule has 0 bridgehead atoms. The third-order valence-corrected chi connectivity index (χ3v) is 9.87. The Kier molecular flexibility index (Phi) is 4.16. The smallest absolute Gasteiger partial charge is 0.0886 e. The Morgan fingerprint density at radius 3 is 2.20 bits per heavy atom. The predicted octanol–water partition coefficient (Wildman–Crippen LogP) is 9.57. The van der Waals surface area contributed by atoms with E-state index in [4.69, 9.17) is 0 Å². The summed E-state index contributed by atoms with van der Waals surface area (Å²) < 4.78 is 5.27. The molecule has 0 amide bonds. The zero-order valence-electron chi connectivity index (χ0n) is 18.9. The SMILES string of the molecule is C1=CC(c2cccc(-n3c4ccccc4c4ccccc43)c2)Cc2sc3sc4ccccc4c3c21. The zero-order valence-corrected chi connectivity index (χ0v) is 20.6. The first-order chi connectivity index (χ1) is 17.3. The quantitative estimate of drug-likeness (QED) is 0.231. The summed E-state index contributed by atoms with van der Waals surface area (Å²) in [6.07, 6.45) is 5.88. The minimum Gasteiger partial charge on any atom is -0.309 e. The Bertz CT molecular complexity index is 1890. The number of nitrogens with zero attached hydrogens (tertiary/aromatic N) is 1. The van der Waals surface area contributed by atoms with Crippen LogP contribution in [-0.2, 0) is 6.42 Å². The van der Waals surface area contributed by atoms with Crippen molar-refractivity contribution in [2.24, 2.45) is 0 Å². The van der Waals surface area contributed by atoms with Crippen LogP contribution < -0.4 is 0 Å². The monoisotopic (exact) mass is 483 g/mol. The maximum Gasteiger partial charge on any atom is 0.0886 e. The summed E-state index contributed by atoms with van der Waals surface area (Å²) in [5, 5.41) is 5.48. The van der Waals surface area contributed by atoms with E-state index in [1.54, 1.807) is 0 Å². The molecule has 0 saturated carbocycles. The average molecular weight is 484 g/mol. The fraction of sp³-hybridized carbons (Fsp3) is 0.0625. The van der Waals surface area contributed by atoms with Gasteiger partial charge in [0.2, 0.25) is 0 Å². The van der Waals surface area contributed by atoms with Crippen LogP contribution in [0.25, 0.3) is 53.1 Å². The number of hydrogen-bond donors (Lipinski definition) is 0. The summed E-state index contributed by atoms with van der Waals surface area (Å²) in [5.74, 6) is 0.398.